The van der Waals surface area contributed by atoms with E-state index in [2.05, 4.69) is 0 Å². The van der Waals surface area contributed by atoms with Crippen LogP contribution in [0.1, 0.15) is 15.2 Å². The van der Waals surface area contributed by atoms with Crippen molar-refractivity contribution < 1.29 is 9.90 Å². The van der Waals surface area contributed by atoms with Gasteiger partial charge in [0, 0.05) is 17.1 Å². The fourth-order valence-electron chi connectivity index (χ4n) is 2.90. The Morgan fingerprint density at radius 1 is 1.08 bits per heavy atom. The molecule has 0 amide bonds. The standard InChI is InChI=1S/C19H13NO3S/c1-20-13-8-4-3-7-12(13)17(21)16(19(20)23)18(22)15-10-11-6-2-5-9-14(11)24-15/h2-10,21H,1H3. The molecule has 0 saturated carbocycles. The number of thiophene rings is 1. The van der Waals surface area contributed by atoms with E-state index in [1.807, 2.05) is 24.3 Å². The first-order valence-corrected chi connectivity index (χ1v) is 8.23. The summed E-state index contributed by atoms with van der Waals surface area (Å²) < 4.78 is 2.37. The van der Waals surface area contributed by atoms with Crippen LogP contribution in [0.4, 0.5) is 0 Å². The highest BCUT2D eigenvalue weighted by Crippen LogP contribution is 2.31. The SMILES string of the molecule is Cn1c(=O)c(C(=O)c2cc3ccccc3s2)c(O)c2ccccc21. The first-order valence-electron chi connectivity index (χ1n) is 7.42. The first-order chi connectivity index (χ1) is 11.6. The Hall–Kier alpha value is -2.92. The van der Waals surface area contributed by atoms with E-state index in [9.17, 15) is 14.7 Å². The van der Waals surface area contributed by atoms with Gasteiger partial charge in [-0.1, -0.05) is 30.3 Å². The molecule has 0 aliphatic rings. The number of aryl methyl sites for hydroxylation is 1. The number of carbonyl (C=O) groups excluding carboxylic acids is 1. The maximum absolute atomic E-state index is 12.9. The van der Waals surface area contributed by atoms with Crippen molar-refractivity contribution in [2.75, 3.05) is 0 Å². The van der Waals surface area contributed by atoms with Crippen molar-refractivity contribution in [3.63, 3.8) is 0 Å². The van der Waals surface area contributed by atoms with Crippen molar-refractivity contribution in [3.8, 4) is 5.75 Å². The van der Waals surface area contributed by atoms with Crippen LogP contribution >= 0.6 is 11.3 Å². The van der Waals surface area contributed by atoms with E-state index in [-0.39, 0.29) is 11.3 Å². The van der Waals surface area contributed by atoms with Crippen LogP contribution in [0, 0.1) is 0 Å². The third-order valence-corrected chi connectivity index (χ3v) is 5.27. The van der Waals surface area contributed by atoms with Crippen molar-refractivity contribution in [1.29, 1.82) is 0 Å². The number of aromatic nitrogens is 1. The number of para-hydroxylation sites is 1. The highest BCUT2D eigenvalue weighted by atomic mass is 32.1. The average molecular weight is 335 g/mol. The van der Waals surface area contributed by atoms with E-state index in [4.69, 9.17) is 0 Å². The quantitative estimate of drug-likeness (QED) is 0.568. The Morgan fingerprint density at radius 3 is 2.58 bits per heavy atom. The highest BCUT2D eigenvalue weighted by molar-refractivity contribution is 7.21. The Labute approximate surface area is 141 Å². The van der Waals surface area contributed by atoms with Crippen LogP contribution in [0.2, 0.25) is 0 Å². The summed E-state index contributed by atoms with van der Waals surface area (Å²) >= 11 is 1.32. The van der Waals surface area contributed by atoms with Gasteiger partial charge in [-0.25, -0.2) is 0 Å². The second kappa shape index (κ2) is 5.32. The maximum atomic E-state index is 12.9. The second-order valence-electron chi connectivity index (χ2n) is 5.58. The van der Waals surface area contributed by atoms with Gasteiger partial charge in [-0.2, -0.15) is 0 Å². The van der Waals surface area contributed by atoms with Gasteiger partial charge >= 0.3 is 0 Å². The summed E-state index contributed by atoms with van der Waals surface area (Å²) in [5.74, 6) is -0.698. The summed E-state index contributed by atoms with van der Waals surface area (Å²) in [6.07, 6.45) is 0. The van der Waals surface area contributed by atoms with E-state index in [0.29, 0.717) is 15.8 Å². The lowest BCUT2D eigenvalue weighted by Crippen LogP contribution is -2.25. The number of pyridine rings is 1. The zero-order valence-electron chi connectivity index (χ0n) is 12.8. The molecular weight excluding hydrogens is 322 g/mol. The predicted molar refractivity (Wildman–Crippen MR) is 96.1 cm³/mol. The van der Waals surface area contributed by atoms with Gasteiger partial charge in [-0.15, -0.1) is 11.3 Å². The fraction of sp³-hybridized carbons (Fsp3) is 0.0526. The van der Waals surface area contributed by atoms with Gasteiger partial charge < -0.3 is 9.67 Å². The smallest absolute Gasteiger partial charge is 0.265 e. The molecule has 2 heterocycles. The van der Waals surface area contributed by atoms with Crippen molar-refractivity contribution >= 4 is 38.1 Å². The molecule has 4 aromatic rings. The lowest BCUT2D eigenvalue weighted by Gasteiger charge is -2.10. The van der Waals surface area contributed by atoms with Crippen LogP contribution in [0.3, 0.4) is 0 Å². The van der Waals surface area contributed by atoms with Crippen LogP contribution in [-0.4, -0.2) is 15.5 Å². The molecular formula is C19H13NO3S. The normalized spacial score (nSPS) is 11.2. The topological polar surface area (TPSA) is 59.3 Å². The Bertz CT molecular complexity index is 1140. The molecule has 2 aromatic heterocycles. The molecule has 0 atom stereocenters. The van der Waals surface area contributed by atoms with Crippen LogP contribution in [-0.2, 0) is 7.05 Å². The van der Waals surface area contributed by atoms with E-state index >= 15 is 0 Å². The Balaban J connectivity index is 1.99. The molecule has 4 rings (SSSR count). The molecule has 118 valence electrons. The van der Waals surface area contributed by atoms with Crippen LogP contribution in [0.5, 0.6) is 5.75 Å². The van der Waals surface area contributed by atoms with Gasteiger partial charge in [0.15, 0.2) is 0 Å². The Morgan fingerprint density at radius 2 is 1.79 bits per heavy atom. The third kappa shape index (κ3) is 2.06. The molecule has 24 heavy (non-hydrogen) atoms. The lowest BCUT2D eigenvalue weighted by atomic mass is 10.1. The zero-order valence-corrected chi connectivity index (χ0v) is 13.6. The summed E-state index contributed by atoms with van der Waals surface area (Å²) in [6.45, 7) is 0. The summed E-state index contributed by atoms with van der Waals surface area (Å²) in [5.41, 5.74) is -0.0793. The van der Waals surface area contributed by atoms with Crippen molar-refractivity contribution in [3.05, 3.63) is 75.4 Å². The van der Waals surface area contributed by atoms with Gasteiger partial charge in [0.1, 0.15) is 11.3 Å². The molecule has 5 heteroatoms. The summed E-state index contributed by atoms with van der Waals surface area (Å²) in [4.78, 5) is 26.0. The number of hydrogen-bond donors (Lipinski definition) is 1. The average Bonchev–Trinajstić information content (AvgIpc) is 3.04. The summed E-state index contributed by atoms with van der Waals surface area (Å²) in [7, 11) is 1.60. The number of nitrogens with zero attached hydrogens (tertiary/aromatic N) is 1. The number of fused-ring (bicyclic) bond motifs is 2. The minimum Gasteiger partial charge on any atom is -0.506 e. The molecule has 0 saturated heterocycles. The van der Waals surface area contributed by atoms with Crippen LogP contribution < -0.4 is 5.56 Å². The molecule has 0 unspecified atom stereocenters. The second-order valence-corrected chi connectivity index (χ2v) is 6.67. The number of hydrogen-bond acceptors (Lipinski definition) is 4. The number of benzene rings is 2. The summed E-state index contributed by atoms with van der Waals surface area (Å²) in [6, 6.07) is 16.4. The van der Waals surface area contributed by atoms with E-state index in [0.717, 1.165) is 10.1 Å². The monoisotopic (exact) mass is 335 g/mol. The summed E-state index contributed by atoms with van der Waals surface area (Å²) in [5, 5.41) is 12.0. The van der Waals surface area contributed by atoms with Crippen LogP contribution in [0.15, 0.2) is 59.4 Å². The molecule has 4 nitrogen and oxygen atoms in total. The number of aromatic hydroxyl groups is 1. The predicted octanol–water partition coefficient (Wildman–Crippen LogP) is 3.69. The van der Waals surface area contributed by atoms with Gasteiger partial charge in [0.05, 0.1) is 10.4 Å². The number of rotatable bonds is 2. The van der Waals surface area contributed by atoms with Crippen molar-refractivity contribution in [1.82, 2.24) is 4.57 Å². The molecule has 0 aliphatic carbocycles. The molecule has 0 radical (unpaired) electrons. The fourth-order valence-corrected chi connectivity index (χ4v) is 3.91. The molecule has 2 aromatic carbocycles. The third-order valence-electron chi connectivity index (χ3n) is 4.15. The van der Waals surface area contributed by atoms with Gasteiger partial charge in [-0.3, -0.25) is 9.59 Å². The first kappa shape index (κ1) is 14.7. The van der Waals surface area contributed by atoms with E-state index in [1.165, 1.54) is 15.9 Å². The lowest BCUT2D eigenvalue weighted by molar-refractivity contribution is 0.103. The maximum Gasteiger partial charge on any atom is 0.265 e. The highest BCUT2D eigenvalue weighted by Gasteiger charge is 2.23. The number of ketones is 1. The molecule has 0 spiro atoms. The molecule has 0 bridgehead atoms. The van der Waals surface area contributed by atoms with E-state index in [1.54, 1.807) is 37.4 Å². The van der Waals surface area contributed by atoms with Crippen molar-refractivity contribution in [2.45, 2.75) is 0 Å². The minimum absolute atomic E-state index is 0.178. The molecule has 0 fully saturated rings. The Kier molecular flexibility index (Phi) is 3.25. The van der Waals surface area contributed by atoms with Gasteiger partial charge in [-0.05, 0) is 29.7 Å². The molecule has 1 N–H and O–H groups in total. The zero-order chi connectivity index (χ0) is 16.8. The van der Waals surface area contributed by atoms with Gasteiger partial charge in [0.25, 0.3) is 5.56 Å². The van der Waals surface area contributed by atoms with E-state index < -0.39 is 11.3 Å². The van der Waals surface area contributed by atoms with Gasteiger partial charge in [0.2, 0.25) is 5.78 Å². The van der Waals surface area contributed by atoms with Crippen LogP contribution in [0.25, 0.3) is 21.0 Å². The van der Waals surface area contributed by atoms with Crippen molar-refractivity contribution in [2.24, 2.45) is 7.05 Å². The minimum atomic E-state index is -0.492. The molecule has 0 aliphatic heterocycles. The number of carbonyl (C=O) groups is 1. The largest absolute Gasteiger partial charge is 0.506 e.